The summed E-state index contributed by atoms with van der Waals surface area (Å²) in [5.41, 5.74) is -0.702. The zero-order valence-electron chi connectivity index (χ0n) is 7.80. The number of nitrogens with one attached hydrogen (secondary N) is 1. The average Bonchev–Trinajstić information content (AvgIpc) is 2.93. The number of ether oxygens (including phenoxy) is 1. The Balaban J connectivity index is 2.16. The topological polar surface area (TPSA) is 62.1 Å². The molecule has 0 aromatic heterocycles. The van der Waals surface area contributed by atoms with Crippen molar-refractivity contribution in [2.75, 3.05) is 19.8 Å². The molecule has 0 radical (unpaired) electrons. The Morgan fingerprint density at radius 2 is 2.38 bits per heavy atom. The molecule has 13 heavy (non-hydrogen) atoms. The van der Waals surface area contributed by atoms with E-state index in [1.54, 1.807) is 0 Å². The fourth-order valence-corrected chi connectivity index (χ4v) is 1.06. The van der Waals surface area contributed by atoms with E-state index in [1.807, 2.05) is 13.0 Å². The van der Waals surface area contributed by atoms with E-state index >= 15 is 0 Å². The molecule has 72 valence electrons. The summed E-state index contributed by atoms with van der Waals surface area (Å²) in [5, 5.41) is 11.4. The Hall–Kier alpha value is -1.08. The lowest BCUT2D eigenvalue weighted by Gasteiger charge is -2.07. The molecular weight excluding hydrogens is 168 g/mol. The van der Waals surface area contributed by atoms with Crippen LogP contribution in [0, 0.1) is 16.7 Å². The Kier molecular flexibility index (Phi) is 3.26. The molecule has 4 heteroatoms. The molecule has 1 amide bonds. The fourth-order valence-electron chi connectivity index (χ4n) is 1.06. The molecule has 0 aromatic rings. The summed E-state index contributed by atoms with van der Waals surface area (Å²) < 4.78 is 5.05. The number of rotatable bonds is 5. The van der Waals surface area contributed by atoms with Crippen molar-refractivity contribution >= 4 is 5.91 Å². The third-order valence-electron chi connectivity index (χ3n) is 2.13. The van der Waals surface area contributed by atoms with Gasteiger partial charge in [-0.15, -0.1) is 0 Å². The highest BCUT2D eigenvalue weighted by molar-refractivity contribution is 5.88. The molecular formula is C9H14N2O2. The van der Waals surface area contributed by atoms with Crippen molar-refractivity contribution < 1.29 is 9.53 Å². The molecule has 1 aliphatic rings. The number of carbonyl (C=O) groups excluding carboxylic acids is 1. The van der Waals surface area contributed by atoms with Crippen LogP contribution in [0.5, 0.6) is 0 Å². The van der Waals surface area contributed by atoms with E-state index in [1.165, 1.54) is 0 Å². The second kappa shape index (κ2) is 4.24. The fraction of sp³-hybridized carbons (Fsp3) is 0.778. The average molecular weight is 182 g/mol. The normalized spacial score (nSPS) is 17.5. The molecule has 1 fully saturated rings. The van der Waals surface area contributed by atoms with E-state index in [0.717, 1.165) is 0 Å². The van der Waals surface area contributed by atoms with Crippen LogP contribution in [0.1, 0.15) is 19.8 Å². The van der Waals surface area contributed by atoms with E-state index in [0.29, 0.717) is 32.6 Å². The second-order valence-corrected chi connectivity index (χ2v) is 3.15. The summed E-state index contributed by atoms with van der Waals surface area (Å²) in [5.74, 6) is -0.144. The van der Waals surface area contributed by atoms with Crippen molar-refractivity contribution in [1.29, 1.82) is 5.26 Å². The third kappa shape index (κ3) is 2.43. The summed E-state index contributed by atoms with van der Waals surface area (Å²) in [6, 6.07) is 2.04. The standard InChI is InChI=1S/C9H14N2O2/c1-2-13-6-5-11-8(12)9(7-10)3-4-9/h2-6H2,1H3,(H,11,12). The van der Waals surface area contributed by atoms with Crippen LogP contribution in [0.3, 0.4) is 0 Å². The molecule has 1 aliphatic carbocycles. The van der Waals surface area contributed by atoms with E-state index in [9.17, 15) is 4.79 Å². The van der Waals surface area contributed by atoms with E-state index in [2.05, 4.69) is 5.32 Å². The van der Waals surface area contributed by atoms with Crippen LogP contribution < -0.4 is 5.32 Å². The van der Waals surface area contributed by atoms with E-state index < -0.39 is 5.41 Å². The number of carbonyl (C=O) groups is 1. The lowest BCUT2D eigenvalue weighted by atomic mass is 10.1. The third-order valence-corrected chi connectivity index (χ3v) is 2.13. The van der Waals surface area contributed by atoms with Crippen molar-refractivity contribution in [3.63, 3.8) is 0 Å². The van der Waals surface area contributed by atoms with Gasteiger partial charge in [0.1, 0.15) is 5.41 Å². The molecule has 1 saturated carbocycles. The summed E-state index contributed by atoms with van der Waals surface area (Å²) in [6.07, 6.45) is 1.40. The van der Waals surface area contributed by atoms with E-state index in [-0.39, 0.29) is 5.91 Å². The van der Waals surface area contributed by atoms with Crippen molar-refractivity contribution in [3.05, 3.63) is 0 Å². The van der Waals surface area contributed by atoms with Crippen LogP contribution in [-0.2, 0) is 9.53 Å². The van der Waals surface area contributed by atoms with Gasteiger partial charge in [-0.25, -0.2) is 0 Å². The molecule has 0 saturated heterocycles. The Morgan fingerprint density at radius 1 is 1.69 bits per heavy atom. The van der Waals surface area contributed by atoms with Gasteiger partial charge in [0.15, 0.2) is 0 Å². The summed E-state index contributed by atoms with van der Waals surface area (Å²) in [6.45, 7) is 3.57. The maximum absolute atomic E-state index is 11.3. The predicted octanol–water partition coefficient (Wildman–Crippen LogP) is 0.443. The van der Waals surface area contributed by atoms with Crippen LogP contribution in [0.2, 0.25) is 0 Å². The maximum atomic E-state index is 11.3. The predicted molar refractivity (Wildman–Crippen MR) is 46.8 cm³/mol. The van der Waals surface area contributed by atoms with Gasteiger partial charge in [-0.1, -0.05) is 0 Å². The quantitative estimate of drug-likeness (QED) is 0.628. The van der Waals surface area contributed by atoms with Gasteiger partial charge in [0.25, 0.3) is 0 Å². The Morgan fingerprint density at radius 3 is 2.85 bits per heavy atom. The molecule has 0 aliphatic heterocycles. The molecule has 0 atom stereocenters. The molecule has 1 rings (SSSR count). The molecule has 0 aromatic carbocycles. The van der Waals surface area contributed by atoms with Gasteiger partial charge in [0.2, 0.25) is 5.91 Å². The zero-order valence-corrected chi connectivity index (χ0v) is 7.80. The number of hydrogen-bond donors (Lipinski definition) is 1. The summed E-state index contributed by atoms with van der Waals surface area (Å²) in [7, 11) is 0. The first-order valence-electron chi connectivity index (χ1n) is 4.52. The van der Waals surface area contributed by atoms with Gasteiger partial charge in [0, 0.05) is 13.2 Å². The maximum Gasteiger partial charge on any atom is 0.240 e. The Labute approximate surface area is 77.9 Å². The summed E-state index contributed by atoms with van der Waals surface area (Å²) >= 11 is 0. The van der Waals surface area contributed by atoms with Gasteiger partial charge >= 0.3 is 0 Å². The van der Waals surface area contributed by atoms with Gasteiger partial charge < -0.3 is 10.1 Å². The molecule has 0 bridgehead atoms. The van der Waals surface area contributed by atoms with Crippen LogP contribution in [-0.4, -0.2) is 25.7 Å². The van der Waals surface area contributed by atoms with Crippen LogP contribution in [0.4, 0.5) is 0 Å². The number of nitriles is 1. The molecule has 0 spiro atoms. The van der Waals surface area contributed by atoms with Gasteiger partial charge in [-0.2, -0.15) is 5.26 Å². The second-order valence-electron chi connectivity index (χ2n) is 3.15. The smallest absolute Gasteiger partial charge is 0.240 e. The summed E-state index contributed by atoms with van der Waals surface area (Å²) in [4.78, 5) is 11.3. The molecule has 4 nitrogen and oxygen atoms in total. The first kappa shape index (κ1) is 10.0. The minimum absolute atomic E-state index is 0.144. The van der Waals surface area contributed by atoms with Gasteiger partial charge in [-0.3, -0.25) is 4.79 Å². The highest BCUT2D eigenvalue weighted by Gasteiger charge is 2.50. The highest BCUT2D eigenvalue weighted by Crippen LogP contribution is 2.44. The largest absolute Gasteiger partial charge is 0.380 e. The minimum Gasteiger partial charge on any atom is -0.380 e. The SMILES string of the molecule is CCOCCNC(=O)C1(C#N)CC1. The first-order chi connectivity index (χ1) is 6.25. The minimum atomic E-state index is -0.702. The molecule has 0 heterocycles. The molecule has 1 N–H and O–H groups in total. The number of amides is 1. The van der Waals surface area contributed by atoms with E-state index in [4.69, 9.17) is 10.00 Å². The number of nitrogens with zero attached hydrogens (tertiary/aromatic N) is 1. The monoisotopic (exact) mass is 182 g/mol. The van der Waals surface area contributed by atoms with Crippen molar-refractivity contribution in [3.8, 4) is 6.07 Å². The lowest BCUT2D eigenvalue weighted by molar-refractivity contribution is -0.124. The van der Waals surface area contributed by atoms with Crippen molar-refractivity contribution in [1.82, 2.24) is 5.32 Å². The van der Waals surface area contributed by atoms with Crippen molar-refractivity contribution in [2.24, 2.45) is 5.41 Å². The number of hydrogen-bond acceptors (Lipinski definition) is 3. The first-order valence-corrected chi connectivity index (χ1v) is 4.52. The van der Waals surface area contributed by atoms with Crippen LogP contribution in [0.15, 0.2) is 0 Å². The Bertz CT molecular complexity index is 228. The van der Waals surface area contributed by atoms with Gasteiger partial charge in [0.05, 0.1) is 12.7 Å². The molecule has 0 unspecified atom stereocenters. The lowest BCUT2D eigenvalue weighted by Crippen LogP contribution is -2.33. The van der Waals surface area contributed by atoms with Crippen LogP contribution >= 0.6 is 0 Å². The van der Waals surface area contributed by atoms with Crippen LogP contribution in [0.25, 0.3) is 0 Å². The highest BCUT2D eigenvalue weighted by atomic mass is 16.5. The van der Waals surface area contributed by atoms with Gasteiger partial charge in [-0.05, 0) is 19.8 Å². The van der Waals surface area contributed by atoms with Crippen molar-refractivity contribution in [2.45, 2.75) is 19.8 Å². The zero-order chi connectivity index (χ0) is 9.73.